The maximum Gasteiger partial charge on any atom is 0.240 e. The lowest BCUT2D eigenvalue weighted by Crippen LogP contribution is -2.48. The smallest absolute Gasteiger partial charge is 0.240 e. The van der Waals surface area contributed by atoms with Gasteiger partial charge in [0.2, 0.25) is 10.0 Å². The molecule has 0 fully saturated rings. The first-order valence-corrected chi connectivity index (χ1v) is 11.4. The van der Waals surface area contributed by atoms with Crippen LogP contribution in [0.2, 0.25) is 5.02 Å². The van der Waals surface area contributed by atoms with Gasteiger partial charge < -0.3 is 4.90 Å². The lowest BCUT2D eigenvalue weighted by molar-refractivity contribution is 0.524. The van der Waals surface area contributed by atoms with Gasteiger partial charge in [0.05, 0.1) is 16.5 Å². The van der Waals surface area contributed by atoms with Crippen molar-refractivity contribution in [3.05, 3.63) is 94.5 Å². The van der Waals surface area contributed by atoms with Crippen molar-refractivity contribution in [3.8, 4) is 6.07 Å². The van der Waals surface area contributed by atoms with Crippen molar-refractivity contribution in [1.29, 1.82) is 5.26 Å². The van der Waals surface area contributed by atoms with Crippen molar-refractivity contribution >= 4 is 27.3 Å². The number of anilines is 1. The van der Waals surface area contributed by atoms with Crippen LogP contribution in [0.1, 0.15) is 16.7 Å². The van der Waals surface area contributed by atoms with Crippen molar-refractivity contribution in [2.45, 2.75) is 23.9 Å². The van der Waals surface area contributed by atoms with E-state index in [9.17, 15) is 13.7 Å². The van der Waals surface area contributed by atoms with Crippen molar-refractivity contribution in [1.82, 2.24) is 4.72 Å². The summed E-state index contributed by atoms with van der Waals surface area (Å²) in [4.78, 5) is 2.35. The number of hydrogen-bond acceptors (Lipinski definition) is 4. The van der Waals surface area contributed by atoms with Gasteiger partial charge in [-0.1, -0.05) is 48.0 Å². The Morgan fingerprint density at radius 1 is 1.07 bits per heavy atom. The van der Waals surface area contributed by atoms with Crippen molar-refractivity contribution in [2.75, 3.05) is 11.4 Å². The van der Waals surface area contributed by atoms with E-state index in [1.165, 1.54) is 0 Å². The Kier molecular flexibility index (Phi) is 5.78. The molecule has 0 spiro atoms. The molecule has 30 heavy (non-hydrogen) atoms. The lowest BCUT2D eigenvalue weighted by atomic mass is 9.96. The SMILES string of the molecule is N#Cc1ccc2c(c1)CC(NS(=O)(=O)c1ccccc1)CN2Cc1ccccc1Cl. The summed E-state index contributed by atoms with van der Waals surface area (Å²) < 4.78 is 28.5. The van der Waals surface area contributed by atoms with Crippen molar-refractivity contribution < 1.29 is 8.42 Å². The molecule has 1 heterocycles. The molecule has 0 radical (unpaired) electrons. The maximum atomic E-state index is 12.9. The Hall–Kier alpha value is -2.85. The average molecular weight is 438 g/mol. The molecule has 1 aliphatic heterocycles. The fourth-order valence-corrected chi connectivity index (χ4v) is 5.21. The third-order valence-electron chi connectivity index (χ3n) is 5.15. The van der Waals surface area contributed by atoms with Gasteiger partial charge >= 0.3 is 0 Å². The van der Waals surface area contributed by atoms with Crippen LogP contribution >= 0.6 is 11.6 Å². The van der Waals surface area contributed by atoms with Gasteiger partial charge in [-0.05, 0) is 53.9 Å². The predicted octanol–water partition coefficient (Wildman–Crippen LogP) is 4.12. The molecule has 1 aliphatic rings. The summed E-state index contributed by atoms with van der Waals surface area (Å²) in [6, 6.07) is 23.3. The van der Waals surface area contributed by atoms with E-state index < -0.39 is 10.0 Å². The molecule has 1 unspecified atom stereocenters. The van der Waals surface area contributed by atoms with Crippen molar-refractivity contribution in [3.63, 3.8) is 0 Å². The molecular weight excluding hydrogens is 418 g/mol. The zero-order valence-corrected chi connectivity index (χ0v) is 17.7. The largest absolute Gasteiger partial charge is 0.365 e. The third kappa shape index (κ3) is 4.34. The van der Waals surface area contributed by atoms with Crippen LogP contribution in [0.15, 0.2) is 77.7 Å². The van der Waals surface area contributed by atoms with E-state index in [1.54, 1.807) is 36.4 Å². The monoisotopic (exact) mass is 437 g/mol. The standard InChI is InChI=1S/C23H20ClN3O2S/c24-22-9-5-4-6-18(22)15-27-16-20(13-19-12-17(14-25)10-11-23(19)27)26-30(28,29)21-7-2-1-3-8-21/h1-12,20,26H,13,15-16H2. The number of rotatable bonds is 5. The van der Waals surface area contributed by atoms with Crippen LogP contribution in [-0.4, -0.2) is 21.0 Å². The second-order valence-electron chi connectivity index (χ2n) is 7.26. The highest BCUT2D eigenvalue weighted by Crippen LogP contribution is 2.31. The fraction of sp³-hybridized carbons (Fsp3) is 0.174. The first-order valence-electron chi connectivity index (χ1n) is 9.55. The Morgan fingerprint density at radius 3 is 2.53 bits per heavy atom. The van der Waals surface area contributed by atoms with Crippen LogP contribution in [0.4, 0.5) is 5.69 Å². The first-order chi connectivity index (χ1) is 14.5. The molecule has 1 N–H and O–H groups in total. The van der Waals surface area contributed by atoms with E-state index in [1.807, 2.05) is 36.4 Å². The average Bonchev–Trinajstić information content (AvgIpc) is 2.75. The van der Waals surface area contributed by atoms with E-state index in [2.05, 4.69) is 15.7 Å². The van der Waals surface area contributed by atoms with Gasteiger partial charge in [-0.25, -0.2) is 13.1 Å². The highest BCUT2D eigenvalue weighted by Gasteiger charge is 2.29. The van der Waals surface area contributed by atoms with Gasteiger partial charge in [0, 0.05) is 29.8 Å². The third-order valence-corrected chi connectivity index (χ3v) is 7.06. The summed E-state index contributed by atoms with van der Waals surface area (Å²) >= 11 is 6.36. The highest BCUT2D eigenvalue weighted by atomic mass is 35.5. The quantitative estimate of drug-likeness (QED) is 0.651. The van der Waals surface area contributed by atoms with Gasteiger partial charge in [0.15, 0.2) is 0 Å². The normalized spacial score (nSPS) is 16.0. The Morgan fingerprint density at radius 2 is 1.80 bits per heavy atom. The lowest BCUT2D eigenvalue weighted by Gasteiger charge is -2.36. The van der Waals surface area contributed by atoms with Crippen LogP contribution in [0.25, 0.3) is 0 Å². The number of benzene rings is 3. The minimum Gasteiger partial charge on any atom is -0.365 e. The number of halogens is 1. The molecule has 7 heteroatoms. The van der Waals surface area contributed by atoms with Crippen LogP contribution in [0.5, 0.6) is 0 Å². The van der Waals surface area contributed by atoms with Gasteiger partial charge in [-0.15, -0.1) is 0 Å². The van der Waals surface area contributed by atoms with E-state index in [-0.39, 0.29) is 10.9 Å². The first kappa shape index (κ1) is 20.4. The minimum absolute atomic E-state index is 0.235. The summed E-state index contributed by atoms with van der Waals surface area (Å²) in [5.41, 5.74) is 3.44. The van der Waals surface area contributed by atoms with E-state index >= 15 is 0 Å². The fourth-order valence-electron chi connectivity index (χ4n) is 3.77. The van der Waals surface area contributed by atoms with Gasteiger partial charge in [0.1, 0.15) is 0 Å². The molecule has 152 valence electrons. The Labute approximate surface area is 181 Å². The maximum absolute atomic E-state index is 12.9. The molecule has 0 aliphatic carbocycles. The van der Waals surface area contributed by atoms with Crippen LogP contribution in [0.3, 0.4) is 0 Å². The predicted molar refractivity (Wildman–Crippen MR) is 118 cm³/mol. The molecule has 0 bridgehead atoms. The number of hydrogen-bond donors (Lipinski definition) is 1. The van der Waals surface area contributed by atoms with Crippen LogP contribution in [0, 0.1) is 11.3 Å². The number of nitrogens with zero attached hydrogens (tertiary/aromatic N) is 2. The zero-order valence-electron chi connectivity index (χ0n) is 16.1. The molecule has 3 aromatic rings. The highest BCUT2D eigenvalue weighted by molar-refractivity contribution is 7.89. The topological polar surface area (TPSA) is 73.2 Å². The van der Waals surface area contributed by atoms with E-state index in [0.29, 0.717) is 30.1 Å². The van der Waals surface area contributed by atoms with Gasteiger partial charge in [0.25, 0.3) is 0 Å². The minimum atomic E-state index is -3.65. The summed E-state index contributed by atoms with van der Waals surface area (Å²) in [5, 5.41) is 9.95. The number of fused-ring (bicyclic) bond motifs is 1. The van der Waals surface area contributed by atoms with Crippen LogP contribution in [-0.2, 0) is 23.0 Å². The summed E-state index contributed by atoms with van der Waals surface area (Å²) in [6.45, 7) is 1.04. The molecule has 4 rings (SSSR count). The van der Waals surface area contributed by atoms with E-state index in [4.69, 9.17) is 11.6 Å². The van der Waals surface area contributed by atoms with Crippen LogP contribution < -0.4 is 9.62 Å². The van der Waals surface area contributed by atoms with Gasteiger partial charge in [-0.3, -0.25) is 0 Å². The molecule has 0 aromatic heterocycles. The molecule has 3 aromatic carbocycles. The molecule has 0 amide bonds. The summed E-state index contributed by atoms with van der Waals surface area (Å²) in [6.07, 6.45) is 0.510. The molecule has 1 atom stereocenters. The number of sulfonamides is 1. The Balaban J connectivity index is 1.66. The summed E-state index contributed by atoms with van der Waals surface area (Å²) in [5.74, 6) is 0. The second kappa shape index (κ2) is 8.49. The molecular formula is C23H20ClN3O2S. The van der Waals surface area contributed by atoms with E-state index in [0.717, 1.165) is 16.8 Å². The zero-order chi connectivity index (χ0) is 21.1. The summed E-state index contributed by atoms with van der Waals surface area (Å²) in [7, 11) is -3.65. The Bertz CT molecular complexity index is 1210. The number of nitrogens with one attached hydrogen (secondary N) is 1. The molecule has 0 saturated carbocycles. The molecule has 5 nitrogen and oxygen atoms in total. The van der Waals surface area contributed by atoms with Crippen molar-refractivity contribution in [2.24, 2.45) is 0 Å². The van der Waals surface area contributed by atoms with Gasteiger partial charge in [-0.2, -0.15) is 5.26 Å². The second-order valence-corrected chi connectivity index (χ2v) is 9.38. The number of nitriles is 1. The molecule has 0 saturated heterocycles.